The molecule has 4 rings (SSSR count). The van der Waals surface area contributed by atoms with Crippen LogP contribution in [-0.2, 0) is 11.3 Å². The van der Waals surface area contributed by atoms with Gasteiger partial charge in [-0.1, -0.05) is 36.4 Å². The first-order chi connectivity index (χ1) is 14.2. The number of rotatable bonds is 6. The molecule has 1 amide bonds. The molecular weight excluding hydrogens is 369 g/mol. The van der Waals surface area contributed by atoms with Crippen LogP contribution in [0.3, 0.4) is 0 Å². The van der Waals surface area contributed by atoms with Crippen LogP contribution in [0.1, 0.15) is 5.69 Å². The minimum Gasteiger partial charge on any atom is -0.483 e. The van der Waals surface area contributed by atoms with E-state index in [2.05, 4.69) is 15.3 Å². The number of halogens is 1. The largest absolute Gasteiger partial charge is 0.483 e. The third-order valence-electron chi connectivity index (χ3n) is 4.44. The first-order valence-electron chi connectivity index (χ1n) is 9.13. The van der Waals surface area contributed by atoms with Crippen LogP contribution >= 0.6 is 0 Å². The van der Waals surface area contributed by atoms with Gasteiger partial charge in [0.05, 0.1) is 17.9 Å². The average Bonchev–Trinajstić information content (AvgIpc) is 2.77. The van der Waals surface area contributed by atoms with Gasteiger partial charge in [-0.3, -0.25) is 4.79 Å². The lowest BCUT2D eigenvalue weighted by atomic mass is 10.1. The third kappa shape index (κ3) is 4.55. The zero-order valence-corrected chi connectivity index (χ0v) is 15.5. The number of carbonyl (C=O) groups excluding carboxylic acids is 1. The summed E-state index contributed by atoms with van der Waals surface area (Å²) in [5.41, 5.74) is 2.09. The number of aromatic nitrogens is 2. The molecule has 1 heterocycles. The molecule has 1 aromatic heterocycles. The van der Waals surface area contributed by atoms with Gasteiger partial charge in [-0.25, -0.2) is 14.4 Å². The van der Waals surface area contributed by atoms with Gasteiger partial charge in [0.1, 0.15) is 17.9 Å². The van der Waals surface area contributed by atoms with Gasteiger partial charge < -0.3 is 10.1 Å². The molecule has 0 saturated carbocycles. The minimum atomic E-state index is -0.304. The van der Waals surface area contributed by atoms with E-state index in [0.29, 0.717) is 17.1 Å². The van der Waals surface area contributed by atoms with E-state index >= 15 is 0 Å². The van der Waals surface area contributed by atoms with Gasteiger partial charge in [-0.15, -0.1) is 0 Å². The van der Waals surface area contributed by atoms with E-state index in [0.717, 1.165) is 16.3 Å². The van der Waals surface area contributed by atoms with Gasteiger partial charge in [0.25, 0.3) is 5.91 Å². The van der Waals surface area contributed by atoms with Crippen LogP contribution in [-0.4, -0.2) is 22.5 Å². The molecule has 5 nitrogen and oxygen atoms in total. The topological polar surface area (TPSA) is 64.1 Å². The zero-order valence-electron chi connectivity index (χ0n) is 15.5. The maximum absolute atomic E-state index is 13.1. The molecule has 1 N–H and O–H groups in total. The number of carbonyl (C=O) groups is 1. The molecule has 0 aliphatic rings. The van der Waals surface area contributed by atoms with Crippen LogP contribution in [0.25, 0.3) is 22.0 Å². The monoisotopic (exact) mass is 387 g/mol. The first kappa shape index (κ1) is 18.6. The number of nitrogens with one attached hydrogen (secondary N) is 1. The summed E-state index contributed by atoms with van der Waals surface area (Å²) in [6.45, 7) is 0.151. The fourth-order valence-electron chi connectivity index (χ4n) is 2.98. The number of fused-ring (bicyclic) bond motifs is 1. The fraction of sp³-hybridized carbons (Fsp3) is 0.0870. The summed E-state index contributed by atoms with van der Waals surface area (Å²) in [5.74, 6) is 0.111. The van der Waals surface area contributed by atoms with Crippen LogP contribution in [0.5, 0.6) is 5.75 Å². The maximum atomic E-state index is 13.1. The SMILES string of the molecule is O=C(COc1cccc2ccccc12)NCc1cc(-c2ccc(F)cc2)ncn1. The van der Waals surface area contributed by atoms with Crippen LogP contribution in [0, 0.1) is 5.82 Å². The minimum absolute atomic E-state index is 0.0933. The van der Waals surface area contributed by atoms with Crippen molar-refractivity contribution < 1.29 is 13.9 Å². The molecule has 3 aromatic carbocycles. The summed E-state index contributed by atoms with van der Waals surface area (Å²) in [4.78, 5) is 20.6. The Hall–Kier alpha value is -3.80. The number of ether oxygens (including phenoxy) is 1. The van der Waals surface area contributed by atoms with Crippen LogP contribution in [0.15, 0.2) is 79.1 Å². The number of benzene rings is 3. The molecule has 4 aromatic rings. The zero-order chi connectivity index (χ0) is 20.1. The molecule has 29 heavy (non-hydrogen) atoms. The maximum Gasteiger partial charge on any atom is 0.258 e. The van der Waals surface area contributed by atoms with Crippen molar-refractivity contribution in [2.45, 2.75) is 6.54 Å². The van der Waals surface area contributed by atoms with E-state index in [4.69, 9.17) is 4.74 Å². The van der Waals surface area contributed by atoms with Crippen molar-refractivity contribution in [3.05, 3.63) is 90.6 Å². The Morgan fingerprint density at radius 1 is 0.966 bits per heavy atom. The predicted octanol–water partition coefficient (Wildman–Crippen LogP) is 4.13. The molecule has 0 saturated heterocycles. The summed E-state index contributed by atoms with van der Waals surface area (Å²) in [5, 5.41) is 4.81. The predicted molar refractivity (Wildman–Crippen MR) is 109 cm³/mol. The van der Waals surface area contributed by atoms with Crippen molar-refractivity contribution in [1.29, 1.82) is 0 Å². The number of hydrogen-bond acceptors (Lipinski definition) is 4. The van der Waals surface area contributed by atoms with Gasteiger partial charge in [0.15, 0.2) is 6.61 Å². The summed E-state index contributed by atoms with van der Waals surface area (Å²) < 4.78 is 18.8. The van der Waals surface area contributed by atoms with Crippen LogP contribution in [0.2, 0.25) is 0 Å². The lowest BCUT2D eigenvalue weighted by Gasteiger charge is -2.10. The molecule has 0 aliphatic heterocycles. The summed E-state index contributed by atoms with van der Waals surface area (Å²) >= 11 is 0. The normalized spacial score (nSPS) is 10.7. The Bertz CT molecular complexity index is 1140. The van der Waals surface area contributed by atoms with E-state index in [-0.39, 0.29) is 24.9 Å². The number of hydrogen-bond donors (Lipinski definition) is 1. The van der Waals surface area contributed by atoms with Crippen molar-refractivity contribution in [2.75, 3.05) is 6.61 Å². The summed E-state index contributed by atoms with van der Waals surface area (Å²) in [7, 11) is 0. The second kappa shape index (κ2) is 8.48. The Labute approximate surface area is 167 Å². The van der Waals surface area contributed by atoms with E-state index < -0.39 is 0 Å². The summed E-state index contributed by atoms with van der Waals surface area (Å²) in [6, 6.07) is 21.4. The van der Waals surface area contributed by atoms with Crippen molar-refractivity contribution in [2.24, 2.45) is 0 Å². The number of amides is 1. The van der Waals surface area contributed by atoms with Crippen molar-refractivity contribution in [3.63, 3.8) is 0 Å². The number of nitrogens with zero attached hydrogens (tertiary/aromatic N) is 2. The summed E-state index contributed by atoms with van der Waals surface area (Å²) in [6.07, 6.45) is 1.42. The Morgan fingerprint density at radius 2 is 1.76 bits per heavy atom. The second-order valence-electron chi connectivity index (χ2n) is 6.44. The van der Waals surface area contributed by atoms with Gasteiger partial charge in [-0.05, 0) is 41.8 Å². The van der Waals surface area contributed by atoms with E-state index in [1.54, 1.807) is 18.2 Å². The van der Waals surface area contributed by atoms with E-state index in [1.165, 1.54) is 18.5 Å². The highest BCUT2D eigenvalue weighted by molar-refractivity contribution is 5.88. The highest BCUT2D eigenvalue weighted by Crippen LogP contribution is 2.25. The van der Waals surface area contributed by atoms with E-state index in [1.807, 2.05) is 42.5 Å². The highest BCUT2D eigenvalue weighted by atomic mass is 19.1. The van der Waals surface area contributed by atoms with Gasteiger partial charge in [0, 0.05) is 10.9 Å². The van der Waals surface area contributed by atoms with Crippen molar-refractivity contribution in [3.8, 4) is 17.0 Å². The molecule has 6 heteroatoms. The molecule has 0 radical (unpaired) electrons. The smallest absolute Gasteiger partial charge is 0.258 e. The average molecular weight is 387 g/mol. The van der Waals surface area contributed by atoms with Crippen molar-refractivity contribution >= 4 is 16.7 Å². The lowest BCUT2D eigenvalue weighted by Crippen LogP contribution is -2.28. The Morgan fingerprint density at radius 3 is 2.62 bits per heavy atom. The Kier molecular flexibility index (Phi) is 5.42. The molecule has 0 atom stereocenters. The Balaban J connectivity index is 1.36. The third-order valence-corrected chi connectivity index (χ3v) is 4.44. The molecule has 0 bridgehead atoms. The van der Waals surface area contributed by atoms with E-state index in [9.17, 15) is 9.18 Å². The van der Waals surface area contributed by atoms with Gasteiger partial charge >= 0.3 is 0 Å². The molecular formula is C23H18FN3O2. The van der Waals surface area contributed by atoms with Crippen LogP contribution < -0.4 is 10.1 Å². The fourth-order valence-corrected chi connectivity index (χ4v) is 2.98. The van der Waals surface area contributed by atoms with Crippen LogP contribution in [0.4, 0.5) is 4.39 Å². The highest BCUT2D eigenvalue weighted by Gasteiger charge is 2.07. The lowest BCUT2D eigenvalue weighted by molar-refractivity contribution is -0.123. The van der Waals surface area contributed by atoms with Gasteiger partial charge in [0.2, 0.25) is 0 Å². The molecule has 0 aliphatic carbocycles. The quantitative estimate of drug-likeness (QED) is 0.540. The standard InChI is InChI=1S/C23H18FN3O2/c24-18-10-8-17(9-11-18)21-12-19(26-15-27-21)13-25-23(28)14-29-22-7-3-5-16-4-1-2-6-20(16)22/h1-12,15H,13-14H2,(H,25,28). The van der Waals surface area contributed by atoms with Crippen molar-refractivity contribution in [1.82, 2.24) is 15.3 Å². The first-order valence-corrected chi connectivity index (χ1v) is 9.13. The molecule has 0 unspecified atom stereocenters. The molecule has 0 spiro atoms. The second-order valence-corrected chi connectivity index (χ2v) is 6.44. The molecule has 144 valence electrons. The van der Waals surface area contributed by atoms with Gasteiger partial charge in [-0.2, -0.15) is 0 Å². The molecule has 0 fully saturated rings.